The Kier molecular flexibility index (Phi) is 5.80. The van der Waals surface area contributed by atoms with Gasteiger partial charge in [-0.1, -0.05) is 71.7 Å². The molecule has 0 bridgehead atoms. The standard InChI is InChI=1S/C28H20Cl2N2O4/c29-18-11-12-21(30)20(15-18)22-13-14-23(35-22)25-24-26(36-32(25)19-9-5-2-6-10-19)28(34)31(27(24)33)16-17-7-3-1-4-8-17/h1-15,24-26H,16H2/t24-,25-,26-/m0/s1. The minimum absolute atomic E-state index is 0.189. The van der Waals surface area contributed by atoms with Crippen molar-refractivity contribution in [1.29, 1.82) is 0 Å². The number of hydrogen-bond donors (Lipinski definition) is 0. The van der Waals surface area contributed by atoms with E-state index in [9.17, 15) is 9.59 Å². The van der Waals surface area contributed by atoms with Crippen molar-refractivity contribution in [3.63, 3.8) is 0 Å². The first kappa shape index (κ1) is 22.9. The molecule has 0 unspecified atom stereocenters. The Morgan fingerprint density at radius 2 is 1.53 bits per heavy atom. The molecule has 6 rings (SSSR count). The Morgan fingerprint density at radius 1 is 0.806 bits per heavy atom. The summed E-state index contributed by atoms with van der Waals surface area (Å²) >= 11 is 12.6. The fraction of sp³-hybridized carbons (Fsp3) is 0.143. The second-order valence-electron chi connectivity index (χ2n) is 8.73. The summed E-state index contributed by atoms with van der Waals surface area (Å²) in [6.45, 7) is 0.189. The van der Waals surface area contributed by atoms with E-state index in [-0.39, 0.29) is 18.4 Å². The van der Waals surface area contributed by atoms with Gasteiger partial charge in [-0.05, 0) is 48.0 Å². The van der Waals surface area contributed by atoms with Crippen LogP contribution in [0.3, 0.4) is 0 Å². The summed E-state index contributed by atoms with van der Waals surface area (Å²) in [4.78, 5) is 34.4. The quantitative estimate of drug-likeness (QED) is 0.290. The number of rotatable bonds is 5. The van der Waals surface area contributed by atoms with E-state index >= 15 is 0 Å². The third-order valence-corrected chi connectivity index (χ3v) is 7.08. The van der Waals surface area contributed by atoms with E-state index in [2.05, 4.69) is 0 Å². The highest BCUT2D eigenvalue weighted by atomic mass is 35.5. The SMILES string of the molecule is O=C1[C@@H]2[C@H](ON(c3ccccc3)[C@H]2c2ccc(-c3cc(Cl)ccc3Cl)o2)C(=O)N1Cc1ccccc1. The van der Waals surface area contributed by atoms with Crippen LogP contribution in [0.15, 0.2) is 95.4 Å². The number of amides is 2. The molecule has 0 radical (unpaired) electrons. The van der Waals surface area contributed by atoms with Crippen molar-refractivity contribution >= 4 is 40.7 Å². The highest BCUT2D eigenvalue weighted by molar-refractivity contribution is 6.35. The number of hydroxylamine groups is 1. The van der Waals surface area contributed by atoms with Crippen molar-refractivity contribution in [3.8, 4) is 11.3 Å². The first-order valence-corrected chi connectivity index (χ1v) is 12.2. The molecule has 2 aliphatic heterocycles. The van der Waals surface area contributed by atoms with Gasteiger partial charge in [-0.3, -0.25) is 19.3 Å². The van der Waals surface area contributed by atoms with Gasteiger partial charge in [-0.2, -0.15) is 0 Å². The number of fused-ring (bicyclic) bond motifs is 1. The maximum atomic E-state index is 13.7. The van der Waals surface area contributed by atoms with Gasteiger partial charge >= 0.3 is 0 Å². The molecule has 2 aliphatic rings. The van der Waals surface area contributed by atoms with E-state index in [4.69, 9.17) is 32.5 Å². The van der Waals surface area contributed by atoms with Gasteiger partial charge in [0.15, 0.2) is 6.10 Å². The second-order valence-corrected chi connectivity index (χ2v) is 9.58. The zero-order valence-corrected chi connectivity index (χ0v) is 20.4. The van der Waals surface area contributed by atoms with Crippen molar-refractivity contribution in [1.82, 2.24) is 4.90 Å². The van der Waals surface area contributed by atoms with Gasteiger partial charge in [0.1, 0.15) is 23.5 Å². The first-order valence-electron chi connectivity index (χ1n) is 11.5. The van der Waals surface area contributed by atoms with Crippen molar-refractivity contribution in [3.05, 3.63) is 112 Å². The molecule has 2 fully saturated rings. The number of hydrogen-bond acceptors (Lipinski definition) is 5. The molecule has 4 aromatic rings. The number of para-hydroxylation sites is 1. The van der Waals surface area contributed by atoms with Gasteiger partial charge in [0.2, 0.25) is 5.91 Å². The lowest BCUT2D eigenvalue weighted by atomic mass is 9.94. The van der Waals surface area contributed by atoms with Gasteiger partial charge in [-0.15, -0.1) is 0 Å². The monoisotopic (exact) mass is 518 g/mol. The molecule has 1 aromatic heterocycles. The lowest BCUT2D eigenvalue weighted by Crippen LogP contribution is -2.36. The van der Waals surface area contributed by atoms with Crippen LogP contribution in [0.1, 0.15) is 17.4 Å². The molecule has 3 atom stereocenters. The maximum absolute atomic E-state index is 13.7. The van der Waals surface area contributed by atoms with Crippen LogP contribution in [-0.4, -0.2) is 22.8 Å². The van der Waals surface area contributed by atoms with Gasteiger partial charge in [0.25, 0.3) is 5.91 Å². The number of halogens is 2. The van der Waals surface area contributed by atoms with E-state index in [1.165, 1.54) is 4.90 Å². The fourth-order valence-electron chi connectivity index (χ4n) is 4.82. The van der Waals surface area contributed by atoms with Crippen molar-refractivity contribution in [2.75, 3.05) is 5.06 Å². The average molecular weight is 519 g/mol. The molecule has 0 spiro atoms. The van der Waals surface area contributed by atoms with Crippen LogP contribution in [0.25, 0.3) is 11.3 Å². The Labute approximate surface area is 217 Å². The summed E-state index contributed by atoms with van der Waals surface area (Å²) in [6, 6.07) is 26.8. The van der Waals surface area contributed by atoms with Crippen LogP contribution in [0.2, 0.25) is 10.0 Å². The average Bonchev–Trinajstić information content (AvgIpc) is 3.59. The van der Waals surface area contributed by atoms with E-state index in [0.29, 0.717) is 32.8 Å². The molecule has 0 N–H and O–H groups in total. The summed E-state index contributed by atoms with van der Waals surface area (Å²) in [5.74, 6) is -0.430. The molecule has 180 valence electrons. The molecule has 8 heteroatoms. The maximum Gasteiger partial charge on any atom is 0.262 e. The molecule has 3 aromatic carbocycles. The number of nitrogens with zero attached hydrogens (tertiary/aromatic N) is 2. The van der Waals surface area contributed by atoms with E-state index < -0.39 is 18.1 Å². The first-order chi connectivity index (χ1) is 17.5. The van der Waals surface area contributed by atoms with E-state index in [1.807, 2.05) is 60.7 Å². The summed E-state index contributed by atoms with van der Waals surface area (Å²) in [5.41, 5.74) is 2.22. The normalized spacial score (nSPS) is 21.3. The van der Waals surface area contributed by atoms with Crippen LogP contribution in [0.4, 0.5) is 5.69 Å². The van der Waals surface area contributed by atoms with Crippen LogP contribution in [0.5, 0.6) is 0 Å². The Balaban J connectivity index is 1.39. The third-order valence-electron chi connectivity index (χ3n) is 6.51. The summed E-state index contributed by atoms with van der Waals surface area (Å²) in [7, 11) is 0. The van der Waals surface area contributed by atoms with Gasteiger partial charge < -0.3 is 4.42 Å². The van der Waals surface area contributed by atoms with Gasteiger partial charge in [0, 0.05) is 10.6 Å². The molecule has 2 amide bonds. The molecular formula is C28H20Cl2N2O4. The lowest BCUT2D eigenvalue weighted by Gasteiger charge is -2.27. The Morgan fingerprint density at radius 3 is 2.28 bits per heavy atom. The topological polar surface area (TPSA) is 63.0 Å². The number of imide groups is 1. The summed E-state index contributed by atoms with van der Waals surface area (Å²) in [6.07, 6.45) is -0.949. The number of anilines is 1. The molecular weight excluding hydrogens is 499 g/mol. The molecule has 2 saturated heterocycles. The highest BCUT2D eigenvalue weighted by Gasteiger charge is 2.60. The van der Waals surface area contributed by atoms with Crippen LogP contribution < -0.4 is 5.06 Å². The number of likely N-dealkylation sites (tertiary alicyclic amines) is 1. The zero-order valence-electron chi connectivity index (χ0n) is 18.9. The largest absolute Gasteiger partial charge is 0.459 e. The Hall–Kier alpha value is -3.58. The predicted molar refractivity (Wildman–Crippen MR) is 136 cm³/mol. The minimum Gasteiger partial charge on any atom is -0.459 e. The summed E-state index contributed by atoms with van der Waals surface area (Å²) < 4.78 is 6.24. The molecule has 36 heavy (non-hydrogen) atoms. The van der Waals surface area contributed by atoms with Crippen molar-refractivity contribution in [2.45, 2.75) is 18.7 Å². The van der Waals surface area contributed by atoms with Crippen molar-refractivity contribution in [2.24, 2.45) is 5.92 Å². The smallest absolute Gasteiger partial charge is 0.262 e. The van der Waals surface area contributed by atoms with Gasteiger partial charge in [0.05, 0.1) is 17.3 Å². The fourth-order valence-corrected chi connectivity index (χ4v) is 5.21. The molecule has 0 saturated carbocycles. The number of carbonyl (C=O) groups is 2. The Bertz CT molecular complexity index is 1440. The molecule has 0 aliphatic carbocycles. The zero-order chi connectivity index (χ0) is 24.8. The molecule has 6 nitrogen and oxygen atoms in total. The number of benzene rings is 3. The third kappa shape index (κ3) is 3.88. The van der Waals surface area contributed by atoms with Crippen LogP contribution in [0, 0.1) is 5.92 Å². The number of furan rings is 1. The minimum atomic E-state index is -0.949. The lowest BCUT2D eigenvalue weighted by molar-refractivity contribution is -0.143. The second kappa shape index (κ2) is 9.13. The van der Waals surface area contributed by atoms with E-state index in [0.717, 1.165) is 5.56 Å². The predicted octanol–water partition coefficient (Wildman–Crippen LogP) is 6.30. The van der Waals surface area contributed by atoms with Gasteiger partial charge in [-0.25, -0.2) is 5.06 Å². The highest BCUT2D eigenvalue weighted by Crippen LogP contribution is 2.48. The van der Waals surface area contributed by atoms with Crippen molar-refractivity contribution < 1.29 is 18.8 Å². The summed E-state index contributed by atoms with van der Waals surface area (Å²) in [5, 5.41) is 2.62. The van der Waals surface area contributed by atoms with E-state index in [1.54, 1.807) is 35.4 Å². The van der Waals surface area contributed by atoms with Crippen LogP contribution in [-0.2, 0) is 21.0 Å². The molecule has 3 heterocycles. The number of carbonyl (C=O) groups excluding carboxylic acids is 2. The van der Waals surface area contributed by atoms with Crippen LogP contribution >= 0.6 is 23.2 Å².